The van der Waals surface area contributed by atoms with E-state index in [0.29, 0.717) is 5.78 Å². The molecule has 1 aliphatic carbocycles. The summed E-state index contributed by atoms with van der Waals surface area (Å²) >= 11 is 0. The summed E-state index contributed by atoms with van der Waals surface area (Å²) in [5.74, 6) is 1.17. The third-order valence-corrected chi connectivity index (χ3v) is 4.09. The standard InChI is InChI=1S/C15H25NO/c17-15(9-8-13-10-11-16-12-13)14-6-4-2-1-3-5-7-14/h6,13,16H,1-5,7-12H2. The molecule has 0 spiro atoms. The number of rotatable bonds is 4. The van der Waals surface area contributed by atoms with Crippen LogP contribution in [0.1, 0.15) is 57.8 Å². The quantitative estimate of drug-likeness (QED) is 0.810. The Morgan fingerprint density at radius 1 is 1.29 bits per heavy atom. The van der Waals surface area contributed by atoms with E-state index >= 15 is 0 Å². The molecule has 0 aromatic heterocycles. The molecule has 96 valence electrons. The summed E-state index contributed by atoms with van der Waals surface area (Å²) in [6, 6.07) is 0. The Bertz CT molecular complexity index is 277. The molecule has 1 atom stereocenters. The molecule has 1 saturated heterocycles. The Kier molecular flexibility index (Phi) is 5.24. The first-order chi connectivity index (χ1) is 8.36. The molecule has 1 N–H and O–H groups in total. The maximum Gasteiger partial charge on any atom is 0.158 e. The van der Waals surface area contributed by atoms with Crippen LogP contribution in [0.2, 0.25) is 0 Å². The third-order valence-electron chi connectivity index (χ3n) is 4.09. The second-order valence-electron chi connectivity index (χ2n) is 5.50. The van der Waals surface area contributed by atoms with Gasteiger partial charge in [0.25, 0.3) is 0 Å². The highest BCUT2D eigenvalue weighted by Gasteiger charge is 2.17. The Labute approximate surface area is 105 Å². The molecule has 2 nitrogen and oxygen atoms in total. The molecule has 0 saturated carbocycles. The zero-order chi connectivity index (χ0) is 11.9. The van der Waals surface area contributed by atoms with E-state index in [1.807, 2.05) is 0 Å². The van der Waals surface area contributed by atoms with Crippen molar-refractivity contribution in [1.29, 1.82) is 0 Å². The lowest BCUT2D eigenvalue weighted by Gasteiger charge is -2.12. The van der Waals surface area contributed by atoms with Crippen molar-refractivity contribution in [3.05, 3.63) is 11.6 Å². The highest BCUT2D eigenvalue weighted by molar-refractivity contribution is 5.95. The van der Waals surface area contributed by atoms with E-state index in [4.69, 9.17) is 0 Å². The monoisotopic (exact) mass is 235 g/mol. The van der Waals surface area contributed by atoms with Crippen molar-refractivity contribution in [2.24, 2.45) is 5.92 Å². The third kappa shape index (κ3) is 4.27. The molecule has 1 fully saturated rings. The topological polar surface area (TPSA) is 29.1 Å². The van der Waals surface area contributed by atoms with E-state index in [-0.39, 0.29) is 0 Å². The number of hydrogen-bond donors (Lipinski definition) is 1. The number of carbonyl (C=O) groups excluding carboxylic acids is 1. The summed E-state index contributed by atoms with van der Waals surface area (Å²) in [7, 11) is 0. The lowest BCUT2D eigenvalue weighted by atomic mass is 9.93. The Hall–Kier alpha value is -0.630. The highest BCUT2D eigenvalue weighted by Crippen LogP contribution is 2.21. The van der Waals surface area contributed by atoms with Gasteiger partial charge in [-0.25, -0.2) is 0 Å². The number of allylic oxidation sites excluding steroid dienone is 2. The predicted octanol–water partition coefficient (Wildman–Crippen LogP) is 3.23. The highest BCUT2D eigenvalue weighted by atomic mass is 16.1. The number of hydrogen-bond acceptors (Lipinski definition) is 2. The zero-order valence-corrected chi connectivity index (χ0v) is 10.8. The van der Waals surface area contributed by atoms with Crippen molar-refractivity contribution in [2.75, 3.05) is 13.1 Å². The SMILES string of the molecule is O=C(CCC1CCNC1)C1=CCCCCCC1. The second kappa shape index (κ2) is 6.95. The van der Waals surface area contributed by atoms with Crippen LogP contribution >= 0.6 is 0 Å². The summed E-state index contributed by atoms with van der Waals surface area (Å²) in [4.78, 5) is 12.1. The minimum absolute atomic E-state index is 0.429. The van der Waals surface area contributed by atoms with Gasteiger partial charge in [0.2, 0.25) is 0 Å². The number of nitrogens with one attached hydrogen (secondary N) is 1. The Morgan fingerprint density at radius 2 is 2.18 bits per heavy atom. The molecule has 0 bridgehead atoms. The van der Waals surface area contributed by atoms with Gasteiger partial charge in [0.15, 0.2) is 5.78 Å². The summed E-state index contributed by atoms with van der Waals surface area (Å²) in [5.41, 5.74) is 1.13. The molecule has 0 radical (unpaired) electrons. The number of carbonyl (C=O) groups is 1. The van der Waals surface area contributed by atoms with Gasteiger partial charge in [0.1, 0.15) is 0 Å². The molecular weight excluding hydrogens is 210 g/mol. The van der Waals surface area contributed by atoms with Gasteiger partial charge < -0.3 is 5.32 Å². The van der Waals surface area contributed by atoms with Gasteiger partial charge in [-0.2, -0.15) is 0 Å². The van der Waals surface area contributed by atoms with Gasteiger partial charge >= 0.3 is 0 Å². The molecule has 2 rings (SSSR count). The van der Waals surface area contributed by atoms with Crippen molar-refractivity contribution < 1.29 is 4.79 Å². The fourth-order valence-electron chi connectivity index (χ4n) is 2.90. The van der Waals surface area contributed by atoms with Gasteiger partial charge in [0, 0.05) is 6.42 Å². The summed E-state index contributed by atoms with van der Waals surface area (Å²) in [6.45, 7) is 2.26. The van der Waals surface area contributed by atoms with Crippen molar-refractivity contribution in [3.8, 4) is 0 Å². The minimum Gasteiger partial charge on any atom is -0.316 e. The first-order valence-electron chi connectivity index (χ1n) is 7.29. The molecular formula is C15H25NO. The average molecular weight is 235 g/mol. The van der Waals surface area contributed by atoms with Crippen LogP contribution in [0.15, 0.2) is 11.6 Å². The maximum absolute atomic E-state index is 12.1. The van der Waals surface area contributed by atoms with E-state index in [1.54, 1.807) is 0 Å². The van der Waals surface area contributed by atoms with Crippen LogP contribution in [0.25, 0.3) is 0 Å². The second-order valence-corrected chi connectivity index (χ2v) is 5.50. The molecule has 0 aromatic rings. The first-order valence-corrected chi connectivity index (χ1v) is 7.29. The average Bonchev–Trinajstić information content (AvgIpc) is 2.78. The fraction of sp³-hybridized carbons (Fsp3) is 0.800. The van der Waals surface area contributed by atoms with Crippen molar-refractivity contribution >= 4 is 5.78 Å². The lowest BCUT2D eigenvalue weighted by molar-refractivity contribution is -0.116. The van der Waals surface area contributed by atoms with Gasteiger partial charge in [-0.3, -0.25) is 4.79 Å². The first kappa shape index (κ1) is 12.8. The van der Waals surface area contributed by atoms with Crippen molar-refractivity contribution in [2.45, 2.75) is 57.8 Å². The summed E-state index contributed by atoms with van der Waals surface area (Å²) < 4.78 is 0. The van der Waals surface area contributed by atoms with Crippen LogP contribution in [-0.2, 0) is 4.79 Å². The molecule has 0 aromatic carbocycles. The van der Waals surface area contributed by atoms with E-state index in [2.05, 4.69) is 11.4 Å². The van der Waals surface area contributed by atoms with E-state index in [0.717, 1.165) is 50.3 Å². The van der Waals surface area contributed by atoms with Crippen molar-refractivity contribution in [1.82, 2.24) is 5.32 Å². The van der Waals surface area contributed by atoms with Crippen LogP contribution in [0.4, 0.5) is 0 Å². The number of ketones is 1. The maximum atomic E-state index is 12.1. The molecule has 2 aliphatic rings. The van der Waals surface area contributed by atoms with Gasteiger partial charge in [0.05, 0.1) is 0 Å². The van der Waals surface area contributed by atoms with Gasteiger partial charge in [-0.15, -0.1) is 0 Å². The molecule has 0 amide bonds. The predicted molar refractivity (Wildman–Crippen MR) is 71.0 cm³/mol. The van der Waals surface area contributed by atoms with Crippen LogP contribution < -0.4 is 5.32 Å². The van der Waals surface area contributed by atoms with Crippen LogP contribution in [0, 0.1) is 5.92 Å². The Morgan fingerprint density at radius 3 is 3.00 bits per heavy atom. The molecule has 1 heterocycles. The fourth-order valence-corrected chi connectivity index (χ4v) is 2.90. The summed E-state index contributed by atoms with van der Waals surface area (Å²) in [5, 5.41) is 3.37. The smallest absolute Gasteiger partial charge is 0.158 e. The van der Waals surface area contributed by atoms with Crippen LogP contribution in [-0.4, -0.2) is 18.9 Å². The van der Waals surface area contributed by atoms with Crippen LogP contribution in [0.5, 0.6) is 0 Å². The zero-order valence-electron chi connectivity index (χ0n) is 10.8. The molecule has 1 aliphatic heterocycles. The van der Waals surface area contributed by atoms with Gasteiger partial charge in [-0.1, -0.05) is 18.9 Å². The molecule has 1 unspecified atom stereocenters. The Balaban J connectivity index is 1.76. The molecule has 17 heavy (non-hydrogen) atoms. The number of Topliss-reactive ketones (excluding diaryl/α,β-unsaturated/α-hetero) is 1. The van der Waals surface area contributed by atoms with E-state index in [9.17, 15) is 4.79 Å². The minimum atomic E-state index is 0.429. The summed E-state index contributed by atoms with van der Waals surface area (Å²) in [6.07, 6.45) is 12.6. The molecule has 2 heteroatoms. The van der Waals surface area contributed by atoms with E-state index in [1.165, 1.54) is 32.1 Å². The van der Waals surface area contributed by atoms with Crippen LogP contribution in [0.3, 0.4) is 0 Å². The lowest BCUT2D eigenvalue weighted by Crippen LogP contribution is -2.11. The largest absolute Gasteiger partial charge is 0.316 e. The van der Waals surface area contributed by atoms with Crippen molar-refractivity contribution in [3.63, 3.8) is 0 Å². The van der Waals surface area contributed by atoms with Gasteiger partial charge in [-0.05, 0) is 63.1 Å². The van der Waals surface area contributed by atoms with E-state index < -0.39 is 0 Å². The normalized spacial score (nSPS) is 26.1.